The second kappa shape index (κ2) is 5.24. The summed E-state index contributed by atoms with van der Waals surface area (Å²) in [5.74, 6) is 2.72. The second-order valence-electron chi connectivity index (χ2n) is 4.14. The van der Waals surface area contributed by atoms with Crippen molar-refractivity contribution in [1.29, 1.82) is 0 Å². The van der Waals surface area contributed by atoms with Crippen LogP contribution in [0.2, 0.25) is 5.02 Å². The van der Waals surface area contributed by atoms with E-state index in [1.807, 2.05) is 6.07 Å². The van der Waals surface area contributed by atoms with Crippen LogP contribution in [0, 0.1) is 12.3 Å². The van der Waals surface area contributed by atoms with Crippen molar-refractivity contribution in [3.05, 3.63) is 33.3 Å². The van der Waals surface area contributed by atoms with E-state index in [4.69, 9.17) is 23.8 Å². The first kappa shape index (κ1) is 13.9. The predicted molar refractivity (Wildman–Crippen MR) is 79.0 cm³/mol. The van der Waals surface area contributed by atoms with Crippen LogP contribution in [0.15, 0.2) is 27.7 Å². The summed E-state index contributed by atoms with van der Waals surface area (Å²) in [4.78, 5) is 17.1. The van der Waals surface area contributed by atoms with Gasteiger partial charge in [0.25, 0.3) is 0 Å². The molecule has 1 aromatic rings. The van der Waals surface area contributed by atoms with Gasteiger partial charge in [0.05, 0.1) is 6.04 Å². The van der Waals surface area contributed by atoms with Crippen LogP contribution in [0.4, 0.5) is 4.79 Å². The second-order valence-corrected chi connectivity index (χ2v) is 5.46. The number of amidine groups is 1. The van der Waals surface area contributed by atoms with Gasteiger partial charge in [0, 0.05) is 15.1 Å². The van der Waals surface area contributed by atoms with Gasteiger partial charge < -0.3 is 5.73 Å². The number of rotatable bonds is 2. The van der Waals surface area contributed by atoms with Crippen molar-refractivity contribution in [1.82, 2.24) is 4.90 Å². The van der Waals surface area contributed by atoms with Gasteiger partial charge in [-0.2, -0.15) is 4.99 Å². The smallest absolute Gasteiger partial charge is 0.347 e. The molecule has 2 atom stereocenters. The van der Waals surface area contributed by atoms with Crippen LogP contribution in [0.1, 0.15) is 18.5 Å². The van der Waals surface area contributed by atoms with E-state index in [9.17, 15) is 4.79 Å². The summed E-state index contributed by atoms with van der Waals surface area (Å²) < 4.78 is 0.845. The van der Waals surface area contributed by atoms with Crippen LogP contribution < -0.4 is 5.73 Å². The molecule has 0 bridgehead atoms. The number of terminal acetylenes is 1. The SMILES string of the molecule is C#CC(C)N1C(=O)N=C(N)C1c1ccc(Br)cc1Cl. The minimum atomic E-state index is -0.515. The Balaban J connectivity index is 2.49. The molecule has 1 aliphatic heterocycles. The Hall–Kier alpha value is -1.51. The van der Waals surface area contributed by atoms with Gasteiger partial charge in [-0.05, 0) is 19.1 Å². The number of hydrogen-bond acceptors (Lipinski definition) is 2. The molecule has 0 fully saturated rings. The molecule has 2 rings (SSSR count). The van der Waals surface area contributed by atoms with Gasteiger partial charge in [0.2, 0.25) is 0 Å². The zero-order valence-corrected chi connectivity index (χ0v) is 12.4. The Labute approximate surface area is 124 Å². The lowest BCUT2D eigenvalue weighted by Crippen LogP contribution is -2.39. The van der Waals surface area contributed by atoms with E-state index in [1.165, 1.54) is 4.90 Å². The number of urea groups is 1. The van der Waals surface area contributed by atoms with Gasteiger partial charge in [0.15, 0.2) is 0 Å². The Bertz CT molecular complexity index is 608. The summed E-state index contributed by atoms with van der Waals surface area (Å²) in [5, 5.41) is 0.501. The van der Waals surface area contributed by atoms with Crippen molar-refractivity contribution in [3.63, 3.8) is 0 Å². The Morgan fingerprint density at radius 1 is 1.63 bits per heavy atom. The van der Waals surface area contributed by atoms with Crippen molar-refractivity contribution in [2.45, 2.75) is 19.0 Å². The fourth-order valence-corrected chi connectivity index (χ4v) is 2.76. The lowest BCUT2D eigenvalue weighted by atomic mass is 10.0. The van der Waals surface area contributed by atoms with Crippen LogP contribution in [0.3, 0.4) is 0 Å². The molecule has 0 saturated carbocycles. The zero-order valence-electron chi connectivity index (χ0n) is 10.1. The highest BCUT2D eigenvalue weighted by Gasteiger charge is 2.38. The van der Waals surface area contributed by atoms with E-state index in [1.54, 1.807) is 19.1 Å². The van der Waals surface area contributed by atoms with Gasteiger partial charge in [-0.1, -0.05) is 39.5 Å². The summed E-state index contributed by atoms with van der Waals surface area (Å²) in [7, 11) is 0. The predicted octanol–water partition coefficient (Wildman–Crippen LogP) is 2.96. The molecule has 4 nitrogen and oxygen atoms in total. The zero-order chi connectivity index (χ0) is 14.2. The van der Waals surface area contributed by atoms with Gasteiger partial charge in [0.1, 0.15) is 11.9 Å². The molecule has 2 N–H and O–H groups in total. The molecule has 2 unspecified atom stereocenters. The molecule has 0 radical (unpaired) electrons. The molecule has 19 heavy (non-hydrogen) atoms. The number of carbonyl (C=O) groups excluding carboxylic acids is 1. The fraction of sp³-hybridized carbons (Fsp3) is 0.231. The molecule has 98 valence electrons. The number of hydrogen-bond donors (Lipinski definition) is 1. The third kappa shape index (κ3) is 2.46. The summed E-state index contributed by atoms with van der Waals surface area (Å²) >= 11 is 9.54. The minimum Gasteiger partial charge on any atom is -0.385 e. The molecular weight excluding hydrogens is 330 g/mol. The monoisotopic (exact) mass is 339 g/mol. The number of nitrogens with two attached hydrogens (primary N) is 1. The largest absolute Gasteiger partial charge is 0.385 e. The molecule has 1 aliphatic rings. The molecule has 6 heteroatoms. The molecule has 1 heterocycles. The van der Waals surface area contributed by atoms with Gasteiger partial charge >= 0.3 is 6.03 Å². The van der Waals surface area contributed by atoms with E-state index in [0.29, 0.717) is 10.6 Å². The quantitative estimate of drug-likeness (QED) is 0.842. The molecule has 0 aliphatic carbocycles. The van der Waals surface area contributed by atoms with Crippen LogP contribution in [0.5, 0.6) is 0 Å². The van der Waals surface area contributed by atoms with Crippen molar-refractivity contribution < 1.29 is 4.79 Å². The van der Waals surface area contributed by atoms with Crippen molar-refractivity contribution >= 4 is 39.4 Å². The van der Waals surface area contributed by atoms with Crippen LogP contribution >= 0.6 is 27.5 Å². The van der Waals surface area contributed by atoms with E-state index < -0.39 is 18.1 Å². The first-order valence-corrected chi connectivity index (χ1v) is 6.70. The van der Waals surface area contributed by atoms with Crippen molar-refractivity contribution in [2.75, 3.05) is 0 Å². The number of aliphatic imine (C=N–C) groups is 1. The van der Waals surface area contributed by atoms with Crippen LogP contribution in [-0.4, -0.2) is 22.8 Å². The van der Waals surface area contributed by atoms with Crippen LogP contribution in [0.25, 0.3) is 0 Å². The van der Waals surface area contributed by atoms with Crippen LogP contribution in [-0.2, 0) is 0 Å². The number of benzene rings is 1. The maximum atomic E-state index is 11.9. The first-order valence-electron chi connectivity index (χ1n) is 5.53. The highest BCUT2D eigenvalue weighted by molar-refractivity contribution is 9.10. The molecule has 0 aromatic heterocycles. The van der Waals surface area contributed by atoms with Crippen molar-refractivity contribution in [2.24, 2.45) is 10.7 Å². The number of nitrogens with zero attached hydrogens (tertiary/aromatic N) is 2. The van der Waals surface area contributed by atoms with E-state index in [2.05, 4.69) is 26.8 Å². The number of carbonyl (C=O) groups is 1. The molecular formula is C13H11BrClN3O. The average Bonchev–Trinajstić information content (AvgIpc) is 2.63. The summed E-state index contributed by atoms with van der Waals surface area (Å²) in [6.45, 7) is 1.74. The van der Waals surface area contributed by atoms with E-state index in [0.717, 1.165) is 4.47 Å². The van der Waals surface area contributed by atoms with Gasteiger partial charge in [-0.25, -0.2) is 4.79 Å². The Kier molecular flexibility index (Phi) is 3.83. The summed E-state index contributed by atoms with van der Waals surface area (Å²) in [5.41, 5.74) is 6.55. The lowest BCUT2D eigenvalue weighted by molar-refractivity contribution is 0.199. The van der Waals surface area contributed by atoms with Gasteiger partial charge in [-0.15, -0.1) is 6.42 Å². The normalized spacial score (nSPS) is 20.1. The standard InChI is InChI=1S/C13H11BrClN3O/c1-3-7(2)18-11(12(16)17-13(18)19)9-5-4-8(14)6-10(9)15/h1,4-7,11H,2H3,(H2,16,17,19). The molecule has 0 saturated heterocycles. The first-order chi connectivity index (χ1) is 8.95. The molecule has 0 spiro atoms. The third-order valence-corrected chi connectivity index (χ3v) is 3.74. The van der Waals surface area contributed by atoms with Gasteiger partial charge in [-0.3, -0.25) is 4.90 Å². The summed E-state index contributed by atoms with van der Waals surface area (Å²) in [6, 6.07) is 4.00. The maximum absolute atomic E-state index is 11.9. The highest BCUT2D eigenvalue weighted by atomic mass is 79.9. The Morgan fingerprint density at radius 3 is 2.89 bits per heavy atom. The highest BCUT2D eigenvalue weighted by Crippen LogP contribution is 2.34. The Morgan fingerprint density at radius 2 is 2.32 bits per heavy atom. The van der Waals surface area contributed by atoms with Crippen molar-refractivity contribution in [3.8, 4) is 12.3 Å². The third-order valence-electron chi connectivity index (χ3n) is 2.92. The van der Waals surface area contributed by atoms with E-state index >= 15 is 0 Å². The molecule has 2 amide bonds. The van der Waals surface area contributed by atoms with E-state index in [-0.39, 0.29) is 5.84 Å². The number of halogens is 2. The number of amides is 2. The lowest BCUT2D eigenvalue weighted by Gasteiger charge is -2.28. The topological polar surface area (TPSA) is 58.7 Å². The maximum Gasteiger partial charge on any atom is 0.347 e. The average molecular weight is 341 g/mol. The molecule has 1 aromatic carbocycles. The minimum absolute atomic E-state index is 0.205. The summed E-state index contributed by atoms with van der Waals surface area (Å²) in [6.07, 6.45) is 5.39. The fourth-order valence-electron chi connectivity index (χ4n) is 1.98.